The van der Waals surface area contributed by atoms with Gasteiger partial charge in [0.2, 0.25) is 5.95 Å². The molecule has 1 saturated heterocycles. The molecule has 0 aromatic carbocycles. The molecule has 13 heteroatoms. The Morgan fingerprint density at radius 2 is 1.69 bits per heavy atom. The summed E-state index contributed by atoms with van der Waals surface area (Å²) in [6, 6.07) is 0.138. The van der Waals surface area contributed by atoms with Crippen LogP contribution in [-0.4, -0.2) is 55.3 Å². The summed E-state index contributed by atoms with van der Waals surface area (Å²) >= 11 is 0. The van der Waals surface area contributed by atoms with Crippen LogP contribution in [-0.2, 0) is 12.7 Å². The van der Waals surface area contributed by atoms with E-state index in [1.807, 2.05) is 4.90 Å². The SMILES string of the molecule is FC(F)Cn1ncc2ncc(NC3CC4CN(c5ncc(C(F)(F)F)cn5)CC4C3)nc21. The summed E-state index contributed by atoms with van der Waals surface area (Å²) in [5.74, 6) is 1.50. The first kappa shape index (κ1) is 20.8. The molecule has 3 aromatic rings. The number of aromatic nitrogens is 6. The Kier molecular flexibility index (Phi) is 5.05. The molecule has 1 aliphatic heterocycles. The normalized spacial score (nSPS) is 23.3. The fraction of sp³-hybridized carbons (Fsp3) is 0.526. The number of nitrogens with one attached hydrogen (secondary N) is 1. The summed E-state index contributed by atoms with van der Waals surface area (Å²) in [4.78, 5) is 18.4. The highest BCUT2D eigenvalue weighted by Gasteiger charge is 2.42. The molecule has 32 heavy (non-hydrogen) atoms. The standard InChI is InChI=1S/C19H19F5N8/c20-15(21)9-32-17-14(5-28-32)25-6-16(30-17)29-13-1-10-7-31(8-11(10)2-13)18-26-3-12(4-27-18)19(22,23)24/h3-6,10-11,13,15H,1-2,7-9H2,(H,29,30). The Hall–Kier alpha value is -3.12. The van der Waals surface area contributed by atoms with Gasteiger partial charge in [-0.15, -0.1) is 0 Å². The lowest BCUT2D eigenvalue weighted by Crippen LogP contribution is -2.26. The third-order valence-electron chi connectivity index (χ3n) is 6.01. The van der Waals surface area contributed by atoms with Crippen LogP contribution < -0.4 is 10.2 Å². The lowest BCUT2D eigenvalue weighted by atomic mass is 10.0. The molecular formula is C19H19F5N8. The molecular weight excluding hydrogens is 435 g/mol. The van der Waals surface area contributed by atoms with Crippen molar-refractivity contribution >= 4 is 22.9 Å². The zero-order valence-electron chi connectivity index (χ0n) is 16.7. The quantitative estimate of drug-likeness (QED) is 0.593. The Labute approximate surface area is 178 Å². The molecule has 0 radical (unpaired) electrons. The molecule has 1 N–H and O–H groups in total. The number of nitrogens with zero attached hydrogens (tertiary/aromatic N) is 7. The molecule has 0 amide bonds. The summed E-state index contributed by atoms with van der Waals surface area (Å²) in [7, 11) is 0. The highest BCUT2D eigenvalue weighted by atomic mass is 19.4. The predicted octanol–water partition coefficient (Wildman–Crippen LogP) is 3.23. The van der Waals surface area contributed by atoms with Gasteiger partial charge in [-0.05, 0) is 24.7 Å². The summed E-state index contributed by atoms with van der Waals surface area (Å²) in [6.45, 7) is 0.789. The second-order valence-corrected chi connectivity index (χ2v) is 8.19. The van der Waals surface area contributed by atoms with E-state index in [1.54, 1.807) is 6.20 Å². The molecule has 8 nitrogen and oxygen atoms in total. The van der Waals surface area contributed by atoms with Crippen molar-refractivity contribution in [3.63, 3.8) is 0 Å². The number of hydrogen-bond donors (Lipinski definition) is 1. The van der Waals surface area contributed by atoms with Crippen molar-refractivity contribution in [3.8, 4) is 0 Å². The molecule has 1 aliphatic carbocycles. The minimum absolute atomic E-state index is 0.138. The first-order valence-corrected chi connectivity index (χ1v) is 10.1. The number of rotatable bonds is 5. The first-order valence-electron chi connectivity index (χ1n) is 10.1. The number of alkyl halides is 5. The van der Waals surface area contributed by atoms with Crippen molar-refractivity contribution < 1.29 is 22.0 Å². The van der Waals surface area contributed by atoms with Crippen LogP contribution in [0.25, 0.3) is 11.2 Å². The molecule has 2 fully saturated rings. The third kappa shape index (κ3) is 4.02. The van der Waals surface area contributed by atoms with E-state index < -0.39 is 24.7 Å². The minimum atomic E-state index is -4.46. The lowest BCUT2D eigenvalue weighted by Gasteiger charge is -2.20. The third-order valence-corrected chi connectivity index (χ3v) is 6.01. The van der Waals surface area contributed by atoms with Crippen LogP contribution in [0.2, 0.25) is 0 Å². The maximum atomic E-state index is 12.7. The Morgan fingerprint density at radius 3 is 2.31 bits per heavy atom. The lowest BCUT2D eigenvalue weighted by molar-refractivity contribution is -0.138. The van der Waals surface area contributed by atoms with Gasteiger partial charge in [0.05, 0.1) is 18.0 Å². The van der Waals surface area contributed by atoms with Gasteiger partial charge in [-0.3, -0.25) is 0 Å². The number of halogens is 5. The van der Waals surface area contributed by atoms with Crippen molar-refractivity contribution in [2.24, 2.45) is 11.8 Å². The van der Waals surface area contributed by atoms with Crippen LogP contribution in [0.15, 0.2) is 24.8 Å². The molecule has 4 heterocycles. The highest BCUT2D eigenvalue weighted by Crippen LogP contribution is 2.40. The van der Waals surface area contributed by atoms with Gasteiger partial charge in [0.1, 0.15) is 17.9 Å². The maximum absolute atomic E-state index is 12.7. The second-order valence-electron chi connectivity index (χ2n) is 8.19. The number of hydrogen-bond acceptors (Lipinski definition) is 7. The first-order chi connectivity index (χ1) is 15.3. The van der Waals surface area contributed by atoms with Gasteiger partial charge in [0.15, 0.2) is 5.65 Å². The topological polar surface area (TPSA) is 84.7 Å². The van der Waals surface area contributed by atoms with Gasteiger partial charge in [-0.1, -0.05) is 0 Å². The highest BCUT2D eigenvalue weighted by molar-refractivity contribution is 5.71. The smallest absolute Gasteiger partial charge is 0.366 e. The molecule has 2 unspecified atom stereocenters. The van der Waals surface area contributed by atoms with Crippen LogP contribution in [0, 0.1) is 11.8 Å². The molecule has 5 rings (SSSR count). The summed E-state index contributed by atoms with van der Waals surface area (Å²) in [5, 5.41) is 7.25. The van der Waals surface area contributed by atoms with Crippen molar-refractivity contribution in [3.05, 3.63) is 30.4 Å². The Bertz CT molecular complexity index is 1090. The van der Waals surface area contributed by atoms with Crippen LogP contribution in [0.3, 0.4) is 0 Å². The van der Waals surface area contributed by atoms with E-state index in [9.17, 15) is 22.0 Å². The van der Waals surface area contributed by atoms with Crippen LogP contribution in [0.4, 0.5) is 33.7 Å². The van der Waals surface area contributed by atoms with E-state index in [0.717, 1.165) is 29.9 Å². The monoisotopic (exact) mass is 454 g/mol. The summed E-state index contributed by atoms with van der Waals surface area (Å²) < 4.78 is 64.7. The number of fused-ring (bicyclic) bond motifs is 2. The van der Waals surface area contributed by atoms with Crippen molar-refractivity contribution in [2.75, 3.05) is 23.3 Å². The minimum Gasteiger partial charge on any atom is -0.366 e. The van der Waals surface area contributed by atoms with Gasteiger partial charge in [-0.25, -0.2) is 33.4 Å². The van der Waals surface area contributed by atoms with Crippen molar-refractivity contribution in [1.82, 2.24) is 29.7 Å². The Balaban J connectivity index is 1.21. The molecule has 3 aromatic heterocycles. The summed E-state index contributed by atoms with van der Waals surface area (Å²) in [5.41, 5.74) is -0.108. The van der Waals surface area contributed by atoms with Crippen molar-refractivity contribution in [1.29, 1.82) is 0 Å². The largest absolute Gasteiger partial charge is 0.419 e. The Morgan fingerprint density at radius 1 is 1.00 bits per heavy atom. The molecule has 2 atom stereocenters. The summed E-state index contributed by atoms with van der Waals surface area (Å²) in [6.07, 6.45) is -0.706. The molecule has 1 saturated carbocycles. The predicted molar refractivity (Wildman–Crippen MR) is 104 cm³/mol. The van der Waals surface area contributed by atoms with E-state index in [-0.39, 0.29) is 6.04 Å². The zero-order valence-corrected chi connectivity index (χ0v) is 16.7. The van der Waals surface area contributed by atoms with Gasteiger partial charge in [0, 0.05) is 31.5 Å². The van der Waals surface area contributed by atoms with Crippen molar-refractivity contribution in [2.45, 2.75) is 38.0 Å². The fourth-order valence-corrected chi connectivity index (χ4v) is 4.60. The molecule has 170 valence electrons. The van der Waals surface area contributed by atoms with Crippen LogP contribution in [0.5, 0.6) is 0 Å². The average molecular weight is 454 g/mol. The van der Waals surface area contributed by atoms with Crippen LogP contribution in [0.1, 0.15) is 18.4 Å². The second kappa shape index (κ2) is 7.78. The molecule has 2 aliphatic rings. The zero-order chi connectivity index (χ0) is 22.5. The van der Waals surface area contributed by atoms with Gasteiger partial charge in [-0.2, -0.15) is 18.3 Å². The van der Waals surface area contributed by atoms with E-state index in [1.165, 1.54) is 6.20 Å². The van der Waals surface area contributed by atoms with Gasteiger partial charge < -0.3 is 10.2 Å². The van der Waals surface area contributed by atoms with E-state index in [0.29, 0.717) is 47.9 Å². The van der Waals surface area contributed by atoms with E-state index >= 15 is 0 Å². The van der Waals surface area contributed by atoms with Gasteiger partial charge >= 0.3 is 6.18 Å². The molecule has 0 spiro atoms. The fourth-order valence-electron chi connectivity index (χ4n) is 4.60. The van der Waals surface area contributed by atoms with Gasteiger partial charge in [0.25, 0.3) is 6.43 Å². The molecule has 0 bridgehead atoms. The van der Waals surface area contributed by atoms with E-state index in [2.05, 4.69) is 30.4 Å². The number of anilines is 2. The average Bonchev–Trinajstić information content (AvgIpc) is 3.41. The van der Waals surface area contributed by atoms with E-state index in [4.69, 9.17) is 0 Å². The maximum Gasteiger partial charge on any atom is 0.419 e. The van der Waals surface area contributed by atoms with Crippen LogP contribution >= 0.6 is 0 Å².